The zero-order valence-electron chi connectivity index (χ0n) is 18.8. The molecule has 0 radical (unpaired) electrons. The van der Waals surface area contributed by atoms with Gasteiger partial charge in [0.15, 0.2) is 5.69 Å². The summed E-state index contributed by atoms with van der Waals surface area (Å²) in [6.07, 6.45) is -2.60. The average Bonchev–Trinajstić information content (AvgIpc) is 3.49. The van der Waals surface area contributed by atoms with Crippen LogP contribution in [0.2, 0.25) is 5.02 Å². The highest BCUT2D eigenvalue weighted by Gasteiger charge is 2.43. The Morgan fingerprint density at radius 1 is 1.19 bits per heavy atom. The van der Waals surface area contributed by atoms with Crippen molar-refractivity contribution in [3.8, 4) is 10.6 Å². The monoisotopic (exact) mass is 557 g/mol. The van der Waals surface area contributed by atoms with Gasteiger partial charge in [0.05, 0.1) is 12.6 Å². The van der Waals surface area contributed by atoms with Crippen molar-refractivity contribution in [2.75, 3.05) is 0 Å². The molecule has 4 rings (SSSR count). The lowest BCUT2D eigenvalue weighted by Gasteiger charge is -2.35. The number of halogens is 6. The molecule has 0 aliphatic heterocycles. The van der Waals surface area contributed by atoms with Gasteiger partial charge in [-0.15, -0.1) is 11.3 Å². The van der Waals surface area contributed by atoms with Crippen LogP contribution in [0.1, 0.15) is 27.9 Å². The van der Waals surface area contributed by atoms with Crippen LogP contribution >= 0.6 is 22.9 Å². The highest BCUT2D eigenvalue weighted by molar-refractivity contribution is 7.17. The zero-order chi connectivity index (χ0) is 27.0. The molecule has 2 aromatic heterocycles. The van der Waals surface area contributed by atoms with Gasteiger partial charge in [-0.3, -0.25) is 4.79 Å². The normalized spacial score (nSPS) is 14.3. The Kier molecular flexibility index (Phi) is 7.31. The van der Waals surface area contributed by atoms with E-state index in [1.807, 2.05) is 0 Å². The first-order chi connectivity index (χ1) is 17.4. The maximum Gasteiger partial charge on any atom is 0.435 e. The molecule has 0 aliphatic carbocycles. The third-order valence-corrected chi connectivity index (χ3v) is 6.88. The minimum atomic E-state index is -4.96. The van der Waals surface area contributed by atoms with Gasteiger partial charge in [0.25, 0.3) is 5.91 Å². The lowest BCUT2D eigenvalue weighted by molar-refractivity contribution is -0.141. The summed E-state index contributed by atoms with van der Waals surface area (Å²) in [5, 5.41) is 18.0. The zero-order valence-corrected chi connectivity index (χ0v) is 20.4. The van der Waals surface area contributed by atoms with E-state index in [9.17, 15) is 31.9 Å². The topological polar surface area (TPSA) is 92.9 Å². The number of benzene rings is 2. The van der Waals surface area contributed by atoms with Gasteiger partial charge in [-0.25, -0.2) is 23.4 Å². The maximum absolute atomic E-state index is 14.7. The van der Waals surface area contributed by atoms with Crippen molar-refractivity contribution in [1.29, 1.82) is 0 Å². The molecule has 0 saturated carbocycles. The number of amides is 1. The Hall–Kier alpha value is -3.42. The minimum Gasteiger partial charge on any atom is -0.381 e. The number of hydrogen-bond acceptors (Lipinski definition) is 6. The lowest BCUT2D eigenvalue weighted by Crippen LogP contribution is -2.52. The van der Waals surface area contributed by atoms with Crippen LogP contribution < -0.4 is 5.32 Å². The van der Waals surface area contributed by atoms with Crippen molar-refractivity contribution in [2.45, 2.75) is 31.3 Å². The number of carbonyl (C=O) groups is 1. The fourth-order valence-electron chi connectivity index (χ4n) is 3.62. The van der Waals surface area contributed by atoms with Crippen molar-refractivity contribution in [1.82, 2.24) is 25.1 Å². The van der Waals surface area contributed by atoms with Gasteiger partial charge in [0, 0.05) is 22.2 Å². The van der Waals surface area contributed by atoms with E-state index in [1.165, 1.54) is 37.5 Å². The second-order valence-electron chi connectivity index (χ2n) is 8.04. The summed E-state index contributed by atoms with van der Waals surface area (Å²) in [4.78, 5) is 19.7. The number of aliphatic hydroxyl groups is 1. The molecule has 37 heavy (non-hydrogen) atoms. The van der Waals surface area contributed by atoms with Crippen LogP contribution in [0.3, 0.4) is 0 Å². The molecule has 0 fully saturated rings. The fourth-order valence-corrected chi connectivity index (χ4v) is 4.74. The molecule has 194 valence electrons. The summed E-state index contributed by atoms with van der Waals surface area (Å²) in [6.45, 7) is 0.813. The third kappa shape index (κ3) is 5.63. The van der Waals surface area contributed by atoms with Gasteiger partial charge in [0.1, 0.15) is 39.8 Å². The number of hydrogen-bond donors (Lipinski definition) is 2. The van der Waals surface area contributed by atoms with E-state index in [1.54, 1.807) is 0 Å². The first-order valence-electron chi connectivity index (χ1n) is 10.5. The fraction of sp³-hybridized carbons (Fsp3) is 0.217. The first-order valence-corrected chi connectivity index (χ1v) is 11.7. The maximum atomic E-state index is 14.7. The number of rotatable bonds is 7. The number of nitrogens with one attached hydrogen (secondary N) is 1. The Balaban J connectivity index is 1.71. The number of nitrogens with zero attached hydrogens (tertiary/aromatic N) is 4. The van der Waals surface area contributed by atoms with Crippen LogP contribution in [0.5, 0.6) is 0 Å². The summed E-state index contributed by atoms with van der Waals surface area (Å²) >= 11 is 6.33. The second kappa shape index (κ2) is 10.1. The molecule has 1 amide bonds. The third-order valence-electron chi connectivity index (χ3n) is 5.52. The highest BCUT2D eigenvalue weighted by atomic mass is 35.5. The van der Waals surface area contributed by atoms with Crippen LogP contribution in [0.4, 0.5) is 22.0 Å². The molecule has 2 N–H and O–H groups in total. The van der Waals surface area contributed by atoms with Crippen molar-refractivity contribution < 1.29 is 31.9 Å². The van der Waals surface area contributed by atoms with Crippen molar-refractivity contribution in [2.24, 2.45) is 0 Å². The summed E-state index contributed by atoms with van der Waals surface area (Å²) in [5.74, 6) is -3.23. The van der Waals surface area contributed by atoms with Gasteiger partial charge in [-0.1, -0.05) is 29.8 Å². The predicted octanol–water partition coefficient (Wildman–Crippen LogP) is 5.06. The van der Waals surface area contributed by atoms with E-state index in [2.05, 4.69) is 20.4 Å². The van der Waals surface area contributed by atoms with Crippen molar-refractivity contribution in [3.05, 3.63) is 87.9 Å². The van der Waals surface area contributed by atoms with Gasteiger partial charge < -0.3 is 10.4 Å². The molecule has 0 spiro atoms. The molecule has 7 nitrogen and oxygen atoms in total. The molecule has 2 heterocycles. The predicted molar refractivity (Wildman–Crippen MR) is 125 cm³/mol. The summed E-state index contributed by atoms with van der Waals surface area (Å²) in [6, 6.07) is 6.90. The van der Waals surface area contributed by atoms with Crippen molar-refractivity contribution >= 4 is 28.8 Å². The second-order valence-corrected chi connectivity index (χ2v) is 9.47. The van der Waals surface area contributed by atoms with Crippen molar-refractivity contribution in [3.63, 3.8) is 0 Å². The van der Waals surface area contributed by atoms with E-state index >= 15 is 0 Å². The van der Waals surface area contributed by atoms with Crippen LogP contribution in [0.15, 0.2) is 55.1 Å². The average molecular weight is 558 g/mol. The molecule has 0 saturated heterocycles. The molecule has 2 unspecified atom stereocenters. The number of alkyl halides is 3. The quantitative estimate of drug-likeness (QED) is 0.310. The van der Waals surface area contributed by atoms with Crippen LogP contribution in [0, 0.1) is 11.6 Å². The van der Waals surface area contributed by atoms with E-state index in [4.69, 9.17) is 11.6 Å². The van der Waals surface area contributed by atoms with Gasteiger partial charge in [-0.2, -0.15) is 18.3 Å². The van der Waals surface area contributed by atoms with Gasteiger partial charge >= 0.3 is 6.18 Å². The van der Waals surface area contributed by atoms with E-state index in [-0.39, 0.29) is 5.01 Å². The molecule has 2 aromatic carbocycles. The molecule has 2 atom stereocenters. The molecule has 0 bridgehead atoms. The largest absolute Gasteiger partial charge is 0.435 e. The van der Waals surface area contributed by atoms with Gasteiger partial charge in [-0.05, 0) is 25.1 Å². The number of carbonyl (C=O) groups excluding carboxylic acids is 1. The molecule has 0 aliphatic rings. The SMILES string of the molecule is CC(NC(=O)c1sc(-c2ccc(Cl)cc2)nc1C(F)(F)F)C(O)(Cn1cncn1)c1ccc(F)cc1F. The molecule has 4 aromatic rings. The molecular formula is C23H17ClF5N5O2S. The molecular weight excluding hydrogens is 541 g/mol. The van der Waals surface area contributed by atoms with Crippen LogP contribution in [-0.4, -0.2) is 36.8 Å². The summed E-state index contributed by atoms with van der Waals surface area (Å²) in [5.41, 5.74) is -3.77. The number of aromatic nitrogens is 4. The Morgan fingerprint density at radius 2 is 1.89 bits per heavy atom. The first kappa shape index (κ1) is 26.6. The summed E-state index contributed by atoms with van der Waals surface area (Å²) in [7, 11) is 0. The smallest absolute Gasteiger partial charge is 0.381 e. The minimum absolute atomic E-state index is 0.0794. The van der Waals surface area contributed by atoms with Crippen LogP contribution in [0.25, 0.3) is 10.6 Å². The lowest BCUT2D eigenvalue weighted by atomic mass is 9.86. The van der Waals surface area contributed by atoms with E-state index in [0.717, 1.165) is 23.1 Å². The summed E-state index contributed by atoms with van der Waals surface area (Å²) < 4.78 is 70.7. The van der Waals surface area contributed by atoms with E-state index < -0.39 is 58.0 Å². The molecule has 14 heteroatoms. The Bertz CT molecular complexity index is 1410. The van der Waals surface area contributed by atoms with Gasteiger partial charge in [0.2, 0.25) is 0 Å². The Labute approximate surface area is 215 Å². The van der Waals surface area contributed by atoms with E-state index in [0.29, 0.717) is 28.0 Å². The highest BCUT2D eigenvalue weighted by Crippen LogP contribution is 2.38. The standard InChI is InChI=1S/C23H17ClF5N5O2S/c1-12(22(36,9-34-11-30-10-31-34)16-7-6-15(25)8-17(16)26)32-20(35)18-19(23(27,28)29)33-21(37-18)13-2-4-14(24)5-3-13/h2-8,10-12,36H,9H2,1H3,(H,32,35). The number of thiazole rings is 1. The van der Waals surface area contributed by atoms with Crippen LogP contribution in [-0.2, 0) is 18.3 Å². The Morgan fingerprint density at radius 3 is 2.49 bits per heavy atom.